The smallest absolute Gasteiger partial charge is 0.227 e. The van der Waals surface area contributed by atoms with Gasteiger partial charge in [0.05, 0.1) is 0 Å². The highest BCUT2D eigenvalue weighted by molar-refractivity contribution is 5.55. The highest BCUT2D eigenvalue weighted by Gasteiger charge is 2.18. The van der Waals surface area contributed by atoms with E-state index in [1.54, 1.807) is 0 Å². The molecule has 2 fully saturated rings. The molecule has 2 aromatic heterocycles. The summed E-state index contributed by atoms with van der Waals surface area (Å²) in [6.07, 6.45) is 10.2. The standard InChI is InChI=1S/C19H27N5O/c1-2-11-24(12-3-1)17-7-6-16(14-21-17)19-22-18(25-23-19)13-15-5-4-9-20-10-8-15/h6-7,14-15,20H,1-5,8-13H2. The number of hydrogen-bond acceptors (Lipinski definition) is 6. The van der Waals surface area contributed by atoms with Gasteiger partial charge in [-0.05, 0) is 69.7 Å². The molecule has 2 saturated heterocycles. The first-order valence-corrected chi connectivity index (χ1v) is 9.63. The maximum absolute atomic E-state index is 5.49. The Balaban J connectivity index is 1.40. The number of rotatable bonds is 4. The van der Waals surface area contributed by atoms with Crippen LogP contribution in [0.25, 0.3) is 11.4 Å². The number of nitrogens with zero attached hydrogens (tertiary/aromatic N) is 4. The van der Waals surface area contributed by atoms with Crippen molar-refractivity contribution < 1.29 is 4.52 Å². The molecule has 0 radical (unpaired) electrons. The Hall–Kier alpha value is -1.95. The normalized spacial score (nSPS) is 21.9. The zero-order valence-electron chi connectivity index (χ0n) is 14.8. The van der Waals surface area contributed by atoms with Crippen molar-refractivity contribution in [2.75, 3.05) is 31.1 Å². The molecule has 0 saturated carbocycles. The monoisotopic (exact) mass is 341 g/mol. The fourth-order valence-corrected chi connectivity index (χ4v) is 3.83. The van der Waals surface area contributed by atoms with Crippen LogP contribution in [0.4, 0.5) is 5.82 Å². The third kappa shape index (κ3) is 4.18. The Morgan fingerprint density at radius 3 is 2.84 bits per heavy atom. The first-order valence-electron chi connectivity index (χ1n) is 9.63. The first kappa shape index (κ1) is 16.5. The number of piperidine rings is 1. The second-order valence-electron chi connectivity index (χ2n) is 7.22. The van der Waals surface area contributed by atoms with Crippen molar-refractivity contribution in [1.82, 2.24) is 20.4 Å². The molecule has 1 N–H and O–H groups in total. The van der Waals surface area contributed by atoms with Crippen LogP contribution >= 0.6 is 0 Å². The Bertz CT molecular complexity index is 655. The summed E-state index contributed by atoms with van der Waals surface area (Å²) in [7, 11) is 0. The van der Waals surface area contributed by atoms with Crippen LogP contribution in [0.15, 0.2) is 22.9 Å². The van der Waals surface area contributed by atoms with E-state index in [-0.39, 0.29) is 0 Å². The zero-order valence-corrected chi connectivity index (χ0v) is 14.8. The van der Waals surface area contributed by atoms with E-state index in [2.05, 4.69) is 37.5 Å². The van der Waals surface area contributed by atoms with Crippen molar-refractivity contribution in [3.05, 3.63) is 24.2 Å². The fraction of sp³-hybridized carbons (Fsp3) is 0.632. The van der Waals surface area contributed by atoms with Crippen molar-refractivity contribution in [3.8, 4) is 11.4 Å². The van der Waals surface area contributed by atoms with Crippen LogP contribution in [-0.4, -0.2) is 41.3 Å². The summed E-state index contributed by atoms with van der Waals surface area (Å²) in [6.45, 7) is 4.43. The third-order valence-corrected chi connectivity index (χ3v) is 5.31. The Labute approximate surface area is 149 Å². The second kappa shape index (κ2) is 7.95. The maximum atomic E-state index is 5.49. The predicted molar refractivity (Wildman–Crippen MR) is 97.5 cm³/mol. The van der Waals surface area contributed by atoms with Crippen molar-refractivity contribution >= 4 is 5.82 Å². The molecule has 6 nitrogen and oxygen atoms in total. The topological polar surface area (TPSA) is 67.1 Å². The van der Waals surface area contributed by atoms with Crippen molar-refractivity contribution in [1.29, 1.82) is 0 Å². The molecule has 0 spiro atoms. The van der Waals surface area contributed by atoms with Gasteiger partial charge in [-0.1, -0.05) is 5.16 Å². The van der Waals surface area contributed by atoms with Gasteiger partial charge in [-0.25, -0.2) is 4.98 Å². The third-order valence-electron chi connectivity index (χ3n) is 5.31. The summed E-state index contributed by atoms with van der Waals surface area (Å²) in [4.78, 5) is 11.6. The Morgan fingerprint density at radius 1 is 1.08 bits per heavy atom. The quantitative estimate of drug-likeness (QED) is 0.922. The van der Waals surface area contributed by atoms with E-state index in [1.807, 2.05) is 6.20 Å². The average Bonchev–Trinajstić information content (AvgIpc) is 2.98. The van der Waals surface area contributed by atoms with E-state index in [9.17, 15) is 0 Å². The summed E-state index contributed by atoms with van der Waals surface area (Å²) < 4.78 is 5.49. The molecule has 0 aliphatic carbocycles. The molecule has 2 aromatic rings. The number of pyridine rings is 1. The average molecular weight is 341 g/mol. The van der Waals surface area contributed by atoms with Gasteiger partial charge in [0.1, 0.15) is 5.82 Å². The van der Waals surface area contributed by atoms with E-state index >= 15 is 0 Å². The van der Waals surface area contributed by atoms with Crippen molar-refractivity contribution in [3.63, 3.8) is 0 Å². The number of nitrogens with one attached hydrogen (secondary N) is 1. The maximum Gasteiger partial charge on any atom is 0.227 e. The predicted octanol–water partition coefficient (Wildman–Crippen LogP) is 3.05. The van der Waals surface area contributed by atoms with E-state index in [0.29, 0.717) is 11.7 Å². The van der Waals surface area contributed by atoms with Gasteiger partial charge in [0.25, 0.3) is 0 Å². The van der Waals surface area contributed by atoms with Gasteiger partial charge in [-0.3, -0.25) is 0 Å². The summed E-state index contributed by atoms with van der Waals surface area (Å²) in [5, 5.41) is 7.61. The number of aromatic nitrogens is 3. The molecule has 4 rings (SSSR count). The van der Waals surface area contributed by atoms with Gasteiger partial charge in [0, 0.05) is 31.3 Å². The Kier molecular flexibility index (Phi) is 5.25. The fourth-order valence-electron chi connectivity index (χ4n) is 3.83. The van der Waals surface area contributed by atoms with E-state index < -0.39 is 0 Å². The zero-order chi connectivity index (χ0) is 16.9. The molecule has 0 aromatic carbocycles. The largest absolute Gasteiger partial charge is 0.357 e. The first-order chi connectivity index (χ1) is 12.4. The molecule has 2 aliphatic rings. The molecular weight excluding hydrogens is 314 g/mol. The summed E-state index contributed by atoms with van der Waals surface area (Å²) in [6, 6.07) is 4.13. The number of hydrogen-bond donors (Lipinski definition) is 1. The van der Waals surface area contributed by atoms with Crippen LogP contribution < -0.4 is 10.2 Å². The van der Waals surface area contributed by atoms with Gasteiger partial charge < -0.3 is 14.7 Å². The van der Waals surface area contributed by atoms with Crippen LogP contribution in [-0.2, 0) is 6.42 Å². The van der Waals surface area contributed by atoms with Gasteiger partial charge in [-0.2, -0.15) is 4.98 Å². The van der Waals surface area contributed by atoms with Crippen LogP contribution in [0.1, 0.15) is 44.4 Å². The second-order valence-corrected chi connectivity index (χ2v) is 7.22. The highest BCUT2D eigenvalue weighted by atomic mass is 16.5. The molecule has 134 valence electrons. The van der Waals surface area contributed by atoms with Gasteiger partial charge in [0.2, 0.25) is 11.7 Å². The van der Waals surface area contributed by atoms with Gasteiger partial charge >= 0.3 is 0 Å². The van der Waals surface area contributed by atoms with Crippen LogP contribution in [0, 0.1) is 5.92 Å². The SMILES string of the molecule is c1cc(N2CCCCC2)ncc1-c1noc(CC2CCCNCC2)n1. The number of anilines is 1. The lowest BCUT2D eigenvalue weighted by Gasteiger charge is -2.27. The molecule has 25 heavy (non-hydrogen) atoms. The summed E-state index contributed by atoms with van der Waals surface area (Å²) in [5.74, 6) is 3.10. The van der Waals surface area contributed by atoms with Crippen LogP contribution in [0.5, 0.6) is 0 Å². The van der Waals surface area contributed by atoms with E-state index in [1.165, 1.54) is 38.5 Å². The molecular formula is C19H27N5O. The molecule has 0 amide bonds. The molecule has 4 heterocycles. The van der Waals surface area contributed by atoms with Gasteiger partial charge in [0.15, 0.2) is 0 Å². The molecule has 0 bridgehead atoms. The van der Waals surface area contributed by atoms with Gasteiger partial charge in [-0.15, -0.1) is 0 Å². The summed E-state index contributed by atoms with van der Waals surface area (Å²) >= 11 is 0. The summed E-state index contributed by atoms with van der Waals surface area (Å²) in [5.41, 5.74) is 0.929. The minimum atomic E-state index is 0.642. The molecule has 1 atom stereocenters. The van der Waals surface area contributed by atoms with E-state index in [4.69, 9.17) is 4.52 Å². The Morgan fingerprint density at radius 2 is 2.00 bits per heavy atom. The lowest BCUT2D eigenvalue weighted by atomic mass is 9.97. The highest BCUT2D eigenvalue weighted by Crippen LogP contribution is 2.23. The van der Waals surface area contributed by atoms with E-state index in [0.717, 1.165) is 49.9 Å². The lowest BCUT2D eigenvalue weighted by molar-refractivity contribution is 0.341. The van der Waals surface area contributed by atoms with Crippen LogP contribution in [0.2, 0.25) is 0 Å². The van der Waals surface area contributed by atoms with Crippen molar-refractivity contribution in [2.24, 2.45) is 5.92 Å². The lowest BCUT2D eigenvalue weighted by Crippen LogP contribution is -2.29. The molecule has 2 aliphatic heterocycles. The molecule has 1 unspecified atom stereocenters. The minimum Gasteiger partial charge on any atom is -0.357 e. The minimum absolute atomic E-state index is 0.642. The molecule has 6 heteroatoms. The van der Waals surface area contributed by atoms with Crippen molar-refractivity contribution in [2.45, 2.75) is 44.9 Å². The van der Waals surface area contributed by atoms with Crippen LogP contribution in [0.3, 0.4) is 0 Å².